The Morgan fingerprint density at radius 3 is 2.90 bits per heavy atom. The molecule has 5 nitrogen and oxygen atoms in total. The molecular formula is C15H14N2O3. The largest absolute Gasteiger partial charge is 0.496 e. The average Bonchev–Trinajstić information content (AvgIpc) is 3.01. The minimum Gasteiger partial charge on any atom is -0.496 e. The summed E-state index contributed by atoms with van der Waals surface area (Å²) in [6.45, 7) is 0. The van der Waals surface area contributed by atoms with Crippen molar-refractivity contribution < 1.29 is 13.9 Å². The maximum Gasteiger partial charge on any atom is 0.307 e. The molecule has 1 aromatic carbocycles. The van der Waals surface area contributed by atoms with Crippen LogP contribution < -0.4 is 10.2 Å². The SMILES string of the molecule is COc1ccccc1/C=C\C=N/NC(=O)c1ccco1. The Kier molecular flexibility index (Phi) is 4.72. The minimum absolute atomic E-state index is 0.218. The highest BCUT2D eigenvalue weighted by molar-refractivity contribution is 5.92. The number of furan rings is 1. The number of benzene rings is 1. The maximum atomic E-state index is 11.5. The summed E-state index contributed by atoms with van der Waals surface area (Å²) < 4.78 is 10.1. The van der Waals surface area contributed by atoms with Gasteiger partial charge in [0.15, 0.2) is 5.76 Å². The molecule has 102 valence electrons. The molecule has 5 heteroatoms. The van der Waals surface area contributed by atoms with Crippen LogP contribution in [0.4, 0.5) is 0 Å². The van der Waals surface area contributed by atoms with Crippen LogP contribution in [0, 0.1) is 0 Å². The number of methoxy groups -OCH3 is 1. The van der Waals surface area contributed by atoms with Crippen LogP contribution in [0.2, 0.25) is 0 Å². The predicted octanol–water partition coefficient (Wildman–Crippen LogP) is 2.72. The van der Waals surface area contributed by atoms with Gasteiger partial charge in [-0.25, -0.2) is 5.43 Å². The van der Waals surface area contributed by atoms with E-state index in [9.17, 15) is 4.79 Å². The van der Waals surface area contributed by atoms with E-state index in [1.54, 1.807) is 25.3 Å². The zero-order chi connectivity index (χ0) is 14.2. The van der Waals surface area contributed by atoms with Gasteiger partial charge in [0.05, 0.1) is 13.4 Å². The number of allylic oxidation sites excluding steroid dienone is 1. The number of hydrazone groups is 1. The Morgan fingerprint density at radius 1 is 1.30 bits per heavy atom. The monoisotopic (exact) mass is 270 g/mol. The molecule has 0 radical (unpaired) electrons. The summed E-state index contributed by atoms with van der Waals surface area (Å²) in [6, 6.07) is 10.8. The second kappa shape index (κ2) is 6.94. The van der Waals surface area contributed by atoms with E-state index in [1.165, 1.54) is 12.5 Å². The zero-order valence-corrected chi connectivity index (χ0v) is 10.9. The van der Waals surface area contributed by atoms with Gasteiger partial charge in [0.2, 0.25) is 0 Å². The summed E-state index contributed by atoms with van der Waals surface area (Å²) in [4.78, 5) is 11.5. The number of hydrogen-bond donors (Lipinski definition) is 1. The van der Waals surface area contributed by atoms with Crippen molar-refractivity contribution >= 4 is 18.2 Å². The molecule has 0 saturated carbocycles. The molecular weight excluding hydrogens is 256 g/mol. The topological polar surface area (TPSA) is 63.8 Å². The fraction of sp³-hybridized carbons (Fsp3) is 0.0667. The molecule has 2 aromatic rings. The van der Waals surface area contributed by atoms with Gasteiger partial charge in [0.1, 0.15) is 5.75 Å². The molecule has 0 saturated heterocycles. The molecule has 1 aromatic heterocycles. The number of rotatable bonds is 5. The van der Waals surface area contributed by atoms with E-state index in [-0.39, 0.29) is 5.76 Å². The highest BCUT2D eigenvalue weighted by Crippen LogP contribution is 2.18. The highest BCUT2D eigenvalue weighted by Gasteiger charge is 2.05. The third kappa shape index (κ3) is 3.58. The summed E-state index contributed by atoms with van der Waals surface area (Å²) in [6.07, 6.45) is 6.45. The number of nitrogens with zero attached hydrogens (tertiary/aromatic N) is 1. The molecule has 1 heterocycles. The summed E-state index contributed by atoms with van der Waals surface area (Å²) >= 11 is 0. The van der Waals surface area contributed by atoms with Crippen molar-refractivity contribution in [2.24, 2.45) is 5.10 Å². The molecule has 20 heavy (non-hydrogen) atoms. The second-order valence-electron chi connectivity index (χ2n) is 3.80. The number of para-hydroxylation sites is 1. The number of carbonyl (C=O) groups excluding carboxylic acids is 1. The number of nitrogens with one attached hydrogen (secondary N) is 1. The van der Waals surface area contributed by atoms with Crippen molar-refractivity contribution in [3.05, 3.63) is 60.1 Å². The van der Waals surface area contributed by atoms with Crippen molar-refractivity contribution in [3.8, 4) is 5.75 Å². The molecule has 0 unspecified atom stereocenters. The van der Waals surface area contributed by atoms with Crippen molar-refractivity contribution in [1.29, 1.82) is 0 Å². The standard InChI is InChI=1S/C15H14N2O3/c1-19-13-8-3-2-6-12(13)7-4-10-16-17-15(18)14-9-5-11-20-14/h2-11H,1H3,(H,17,18)/b7-4-,16-10-. The van der Waals surface area contributed by atoms with Gasteiger partial charge >= 0.3 is 5.91 Å². The average molecular weight is 270 g/mol. The Labute approximate surface area is 116 Å². The van der Waals surface area contributed by atoms with Crippen molar-refractivity contribution in [1.82, 2.24) is 5.43 Å². The van der Waals surface area contributed by atoms with Crippen LogP contribution >= 0.6 is 0 Å². The lowest BCUT2D eigenvalue weighted by Crippen LogP contribution is -2.16. The van der Waals surface area contributed by atoms with Crippen LogP contribution in [0.25, 0.3) is 6.08 Å². The van der Waals surface area contributed by atoms with E-state index in [2.05, 4.69) is 10.5 Å². The normalized spacial score (nSPS) is 11.1. The minimum atomic E-state index is -0.392. The van der Waals surface area contributed by atoms with E-state index in [0.29, 0.717) is 0 Å². The van der Waals surface area contributed by atoms with Gasteiger partial charge in [-0.15, -0.1) is 0 Å². The Bertz CT molecular complexity index is 616. The summed E-state index contributed by atoms with van der Waals surface area (Å²) in [5, 5.41) is 3.79. The first-order valence-electron chi connectivity index (χ1n) is 5.98. The van der Waals surface area contributed by atoms with Gasteiger partial charge in [-0.3, -0.25) is 4.79 Å². The lowest BCUT2D eigenvalue weighted by atomic mass is 10.2. The van der Waals surface area contributed by atoms with Gasteiger partial charge in [-0.1, -0.05) is 18.2 Å². The molecule has 0 spiro atoms. The molecule has 0 bridgehead atoms. The number of hydrogen-bond acceptors (Lipinski definition) is 4. The van der Waals surface area contributed by atoms with E-state index >= 15 is 0 Å². The zero-order valence-electron chi connectivity index (χ0n) is 10.9. The van der Waals surface area contributed by atoms with Crippen LogP contribution in [0.1, 0.15) is 16.1 Å². The molecule has 0 aliphatic carbocycles. The highest BCUT2D eigenvalue weighted by atomic mass is 16.5. The second-order valence-corrected chi connectivity index (χ2v) is 3.80. The molecule has 1 N–H and O–H groups in total. The van der Waals surface area contributed by atoms with Crippen molar-refractivity contribution in [3.63, 3.8) is 0 Å². The molecule has 0 atom stereocenters. The van der Waals surface area contributed by atoms with E-state index in [4.69, 9.17) is 9.15 Å². The van der Waals surface area contributed by atoms with Crippen LogP contribution in [-0.4, -0.2) is 19.2 Å². The quantitative estimate of drug-likeness (QED) is 0.671. The first kappa shape index (κ1) is 13.6. The van der Waals surface area contributed by atoms with Crippen LogP contribution in [0.5, 0.6) is 5.75 Å². The van der Waals surface area contributed by atoms with Crippen LogP contribution in [0.3, 0.4) is 0 Å². The van der Waals surface area contributed by atoms with Gasteiger partial charge < -0.3 is 9.15 Å². The Morgan fingerprint density at radius 2 is 2.15 bits per heavy atom. The van der Waals surface area contributed by atoms with E-state index < -0.39 is 5.91 Å². The number of ether oxygens (including phenoxy) is 1. The lowest BCUT2D eigenvalue weighted by molar-refractivity contribution is 0.0927. The van der Waals surface area contributed by atoms with Gasteiger partial charge in [-0.2, -0.15) is 5.10 Å². The van der Waals surface area contributed by atoms with Crippen LogP contribution in [-0.2, 0) is 0 Å². The van der Waals surface area contributed by atoms with Gasteiger partial charge in [0.25, 0.3) is 0 Å². The molecule has 0 aliphatic rings. The lowest BCUT2D eigenvalue weighted by Gasteiger charge is -2.02. The summed E-state index contributed by atoms with van der Waals surface area (Å²) in [7, 11) is 1.62. The third-order valence-corrected chi connectivity index (χ3v) is 2.49. The Hall–Kier alpha value is -2.82. The van der Waals surface area contributed by atoms with Crippen LogP contribution in [0.15, 0.2) is 58.3 Å². The van der Waals surface area contributed by atoms with E-state index in [1.807, 2.05) is 30.3 Å². The fourth-order valence-corrected chi connectivity index (χ4v) is 1.55. The first-order valence-corrected chi connectivity index (χ1v) is 5.98. The molecule has 0 fully saturated rings. The number of carbonyl (C=O) groups is 1. The third-order valence-electron chi connectivity index (χ3n) is 2.49. The number of amides is 1. The van der Waals surface area contributed by atoms with E-state index in [0.717, 1.165) is 11.3 Å². The van der Waals surface area contributed by atoms with Crippen molar-refractivity contribution in [2.45, 2.75) is 0 Å². The maximum absolute atomic E-state index is 11.5. The molecule has 0 aliphatic heterocycles. The smallest absolute Gasteiger partial charge is 0.307 e. The van der Waals surface area contributed by atoms with Gasteiger partial charge in [0, 0.05) is 11.8 Å². The first-order chi connectivity index (χ1) is 9.81. The fourth-order valence-electron chi connectivity index (χ4n) is 1.55. The predicted molar refractivity (Wildman–Crippen MR) is 76.7 cm³/mol. The Balaban J connectivity index is 1.90. The summed E-state index contributed by atoms with van der Waals surface area (Å²) in [5.74, 6) is 0.601. The molecule has 2 rings (SSSR count). The molecule has 1 amide bonds. The van der Waals surface area contributed by atoms with Crippen molar-refractivity contribution in [2.75, 3.05) is 7.11 Å². The summed E-state index contributed by atoms with van der Waals surface area (Å²) in [5.41, 5.74) is 3.28. The van der Waals surface area contributed by atoms with Gasteiger partial charge in [-0.05, 0) is 30.4 Å².